The van der Waals surface area contributed by atoms with Crippen LogP contribution in [0, 0.1) is 6.92 Å². The van der Waals surface area contributed by atoms with Gasteiger partial charge in [-0.25, -0.2) is 0 Å². The molecule has 0 unspecified atom stereocenters. The van der Waals surface area contributed by atoms with Crippen LogP contribution in [0.3, 0.4) is 0 Å². The summed E-state index contributed by atoms with van der Waals surface area (Å²) in [6, 6.07) is 9.92. The van der Waals surface area contributed by atoms with Gasteiger partial charge in [0.15, 0.2) is 0 Å². The quantitative estimate of drug-likeness (QED) is 0.692. The Kier molecular flexibility index (Phi) is 2.19. The van der Waals surface area contributed by atoms with Crippen molar-refractivity contribution in [3.05, 3.63) is 48.3 Å². The van der Waals surface area contributed by atoms with Crippen LogP contribution in [0.5, 0.6) is 0 Å². The Balaban J connectivity index is 2.57. The van der Waals surface area contributed by atoms with Crippen LogP contribution < -0.4 is 5.73 Å². The molecule has 0 aliphatic rings. The molecule has 0 saturated carbocycles. The summed E-state index contributed by atoms with van der Waals surface area (Å²) in [5.41, 5.74) is 10.1. The van der Waals surface area contributed by atoms with E-state index in [1.807, 2.05) is 30.3 Å². The number of anilines is 1. The van der Waals surface area contributed by atoms with Crippen molar-refractivity contribution in [1.29, 1.82) is 0 Å². The Morgan fingerprint density at radius 2 is 1.79 bits per heavy atom. The van der Waals surface area contributed by atoms with Gasteiger partial charge < -0.3 is 5.73 Å². The van der Waals surface area contributed by atoms with Gasteiger partial charge in [0.25, 0.3) is 0 Å². The smallest absolute Gasteiger partial charge is 0.0320 e. The number of hydrogen-bond acceptors (Lipinski definition) is 2. The van der Waals surface area contributed by atoms with Crippen molar-refractivity contribution >= 4 is 5.69 Å². The maximum Gasteiger partial charge on any atom is 0.0320 e. The molecule has 0 radical (unpaired) electrons. The van der Waals surface area contributed by atoms with Crippen LogP contribution in [-0.2, 0) is 0 Å². The second kappa shape index (κ2) is 3.50. The van der Waals surface area contributed by atoms with E-state index in [1.54, 1.807) is 12.4 Å². The molecule has 1 aromatic carbocycles. The van der Waals surface area contributed by atoms with Crippen LogP contribution in [0.25, 0.3) is 11.1 Å². The fraction of sp³-hybridized carbons (Fsp3) is 0.0833. The molecule has 14 heavy (non-hydrogen) atoms. The van der Waals surface area contributed by atoms with E-state index in [1.165, 1.54) is 11.1 Å². The van der Waals surface area contributed by atoms with Gasteiger partial charge in [-0.2, -0.15) is 0 Å². The zero-order valence-electron chi connectivity index (χ0n) is 8.07. The van der Waals surface area contributed by atoms with Crippen molar-refractivity contribution in [2.24, 2.45) is 0 Å². The van der Waals surface area contributed by atoms with Gasteiger partial charge in [0, 0.05) is 18.1 Å². The van der Waals surface area contributed by atoms with Gasteiger partial charge in [-0.1, -0.05) is 6.07 Å². The molecule has 0 fully saturated rings. The summed E-state index contributed by atoms with van der Waals surface area (Å²) in [6.07, 6.45) is 3.58. The van der Waals surface area contributed by atoms with Gasteiger partial charge in [-0.05, 0) is 47.9 Å². The molecule has 0 spiro atoms. The number of nitrogens with zero attached hydrogens (tertiary/aromatic N) is 1. The van der Waals surface area contributed by atoms with Crippen molar-refractivity contribution < 1.29 is 0 Å². The van der Waals surface area contributed by atoms with Crippen molar-refractivity contribution in [3.8, 4) is 11.1 Å². The summed E-state index contributed by atoms with van der Waals surface area (Å²) in [4.78, 5) is 3.99. The second-order valence-electron chi connectivity index (χ2n) is 3.31. The van der Waals surface area contributed by atoms with E-state index in [0.29, 0.717) is 0 Å². The van der Waals surface area contributed by atoms with Crippen molar-refractivity contribution in [2.45, 2.75) is 6.92 Å². The highest BCUT2D eigenvalue weighted by molar-refractivity contribution is 5.70. The van der Waals surface area contributed by atoms with E-state index in [2.05, 4.69) is 11.9 Å². The van der Waals surface area contributed by atoms with Gasteiger partial charge in [-0.3, -0.25) is 4.98 Å². The van der Waals surface area contributed by atoms with Crippen molar-refractivity contribution in [3.63, 3.8) is 0 Å². The van der Waals surface area contributed by atoms with Crippen LogP contribution in [0.4, 0.5) is 5.69 Å². The van der Waals surface area contributed by atoms with E-state index in [9.17, 15) is 0 Å². The minimum absolute atomic E-state index is 0.794. The number of nitrogens with two attached hydrogens (primary N) is 1. The maximum atomic E-state index is 5.75. The zero-order valence-corrected chi connectivity index (χ0v) is 8.07. The summed E-state index contributed by atoms with van der Waals surface area (Å²) < 4.78 is 0. The molecule has 2 heteroatoms. The van der Waals surface area contributed by atoms with Crippen LogP contribution >= 0.6 is 0 Å². The summed E-state index contributed by atoms with van der Waals surface area (Å²) >= 11 is 0. The van der Waals surface area contributed by atoms with E-state index in [0.717, 1.165) is 11.3 Å². The SMILES string of the molecule is Cc1ccc(N)cc1-c1ccncc1. The van der Waals surface area contributed by atoms with Gasteiger partial charge in [0.2, 0.25) is 0 Å². The summed E-state index contributed by atoms with van der Waals surface area (Å²) in [5.74, 6) is 0. The first-order chi connectivity index (χ1) is 6.77. The number of nitrogen functional groups attached to an aromatic ring is 1. The largest absolute Gasteiger partial charge is 0.399 e. The molecule has 0 atom stereocenters. The first kappa shape index (κ1) is 8.75. The molecule has 0 aliphatic carbocycles. The molecule has 0 saturated heterocycles. The van der Waals surface area contributed by atoms with Gasteiger partial charge in [0.1, 0.15) is 0 Å². The predicted octanol–water partition coefficient (Wildman–Crippen LogP) is 2.64. The highest BCUT2D eigenvalue weighted by Gasteiger charge is 2.00. The minimum atomic E-state index is 0.794. The predicted molar refractivity (Wildman–Crippen MR) is 58.8 cm³/mol. The molecule has 0 bridgehead atoms. The molecule has 2 rings (SSSR count). The van der Waals surface area contributed by atoms with Gasteiger partial charge in [0.05, 0.1) is 0 Å². The number of hydrogen-bond donors (Lipinski definition) is 1. The Hall–Kier alpha value is -1.83. The average molecular weight is 184 g/mol. The molecule has 2 N–H and O–H groups in total. The Morgan fingerprint density at radius 1 is 1.07 bits per heavy atom. The van der Waals surface area contributed by atoms with E-state index >= 15 is 0 Å². The molecule has 70 valence electrons. The standard InChI is InChI=1S/C12H12N2/c1-9-2-3-11(13)8-12(9)10-4-6-14-7-5-10/h2-8H,13H2,1H3. The number of aryl methyl sites for hydroxylation is 1. The third-order valence-electron chi connectivity index (χ3n) is 2.25. The maximum absolute atomic E-state index is 5.75. The van der Waals surface area contributed by atoms with Gasteiger partial charge in [-0.15, -0.1) is 0 Å². The molecule has 1 heterocycles. The molecule has 0 aliphatic heterocycles. The Morgan fingerprint density at radius 3 is 2.50 bits per heavy atom. The summed E-state index contributed by atoms with van der Waals surface area (Å²) in [6.45, 7) is 2.08. The fourth-order valence-electron chi connectivity index (χ4n) is 1.48. The second-order valence-corrected chi connectivity index (χ2v) is 3.31. The average Bonchev–Trinajstić information content (AvgIpc) is 2.23. The molecular weight excluding hydrogens is 172 g/mol. The molecule has 2 nitrogen and oxygen atoms in total. The van der Waals surface area contributed by atoms with Gasteiger partial charge >= 0.3 is 0 Å². The van der Waals surface area contributed by atoms with E-state index in [-0.39, 0.29) is 0 Å². The first-order valence-corrected chi connectivity index (χ1v) is 4.54. The topological polar surface area (TPSA) is 38.9 Å². The number of benzene rings is 1. The lowest BCUT2D eigenvalue weighted by Gasteiger charge is -2.06. The minimum Gasteiger partial charge on any atom is -0.399 e. The van der Waals surface area contributed by atoms with E-state index < -0.39 is 0 Å². The van der Waals surface area contributed by atoms with Crippen LogP contribution in [-0.4, -0.2) is 4.98 Å². The third-order valence-corrected chi connectivity index (χ3v) is 2.25. The van der Waals surface area contributed by atoms with Crippen molar-refractivity contribution in [1.82, 2.24) is 4.98 Å². The lowest BCUT2D eigenvalue weighted by atomic mass is 10.0. The monoisotopic (exact) mass is 184 g/mol. The van der Waals surface area contributed by atoms with Crippen LogP contribution in [0.15, 0.2) is 42.7 Å². The number of aromatic nitrogens is 1. The molecule has 1 aromatic heterocycles. The Bertz CT molecular complexity index is 435. The fourth-order valence-corrected chi connectivity index (χ4v) is 1.48. The Labute approximate surface area is 83.4 Å². The number of rotatable bonds is 1. The van der Waals surface area contributed by atoms with Crippen molar-refractivity contribution in [2.75, 3.05) is 5.73 Å². The normalized spacial score (nSPS) is 10.1. The lowest BCUT2D eigenvalue weighted by molar-refractivity contribution is 1.32. The molecular formula is C12H12N2. The highest BCUT2D eigenvalue weighted by Crippen LogP contribution is 2.24. The van der Waals surface area contributed by atoms with Crippen LogP contribution in [0.1, 0.15) is 5.56 Å². The first-order valence-electron chi connectivity index (χ1n) is 4.54. The summed E-state index contributed by atoms with van der Waals surface area (Å²) in [7, 11) is 0. The van der Waals surface area contributed by atoms with E-state index in [4.69, 9.17) is 5.73 Å². The molecule has 0 amide bonds. The zero-order chi connectivity index (χ0) is 9.97. The third kappa shape index (κ3) is 1.59. The van der Waals surface area contributed by atoms with Crippen LogP contribution in [0.2, 0.25) is 0 Å². The highest BCUT2D eigenvalue weighted by atomic mass is 14.6. The molecule has 2 aromatic rings. The summed E-state index contributed by atoms with van der Waals surface area (Å²) in [5, 5.41) is 0. The number of pyridine rings is 1. The lowest BCUT2D eigenvalue weighted by Crippen LogP contribution is -1.88.